The summed E-state index contributed by atoms with van der Waals surface area (Å²) in [7, 11) is 2.12. The second-order valence-corrected chi connectivity index (χ2v) is 9.21. The van der Waals surface area contributed by atoms with Crippen molar-refractivity contribution >= 4 is 5.91 Å². The second kappa shape index (κ2) is 9.25. The van der Waals surface area contributed by atoms with E-state index in [-0.39, 0.29) is 11.2 Å². The number of rotatable bonds is 5. The van der Waals surface area contributed by atoms with Gasteiger partial charge in [-0.1, -0.05) is 18.2 Å². The molecule has 1 aromatic carbocycles. The van der Waals surface area contributed by atoms with Crippen LogP contribution in [0.3, 0.4) is 0 Å². The van der Waals surface area contributed by atoms with E-state index in [0.717, 1.165) is 63.8 Å². The van der Waals surface area contributed by atoms with E-state index in [1.54, 1.807) is 6.20 Å². The van der Waals surface area contributed by atoms with Crippen LogP contribution in [0.15, 0.2) is 48.8 Å². The van der Waals surface area contributed by atoms with Gasteiger partial charge in [0.05, 0.1) is 5.41 Å². The molecule has 2 fully saturated rings. The fourth-order valence-corrected chi connectivity index (χ4v) is 5.11. The van der Waals surface area contributed by atoms with Crippen molar-refractivity contribution in [2.24, 2.45) is 11.3 Å². The summed E-state index contributed by atoms with van der Waals surface area (Å²) in [6.45, 7) is 3.54. The number of amides is 1. The number of benzene rings is 1. The molecule has 5 heteroatoms. The summed E-state index contributed by atoms with van der Waals surface area (Å²) in [4.78, 5) is 22.5. The van der Waals surface area contributed by atoms with Gasteiger partial charge in [0.2, 0.25) is 5.91 Å². The van der Waals surface area contributed by atoms with Gasteiger partial charge in [0.15, 0.2) is 0 Å². The number of pyridine rings is 1. The van der Waals surface area contributed by atoms with Crippen molar-refractivity contribution in [3.63, 3.8) is 0 Å². The summed E-state index contributed by atoms with van der Waals surface area (Å²) in [5.74, 6) is 0.564. The lowest BCUT2D eigenvalue weighted by atomic mass is 9.72. The first kappa shape index (κ1) is 21.0. The predicted molar refractivity (Wildman–Crippen MR) is 117 cm³/mol. The normalized spacial score (nSPS) is 22.1. The number of hydrogen-bond donors (Lipinski definition) is 0. The molecule has 1 aromatic heterocycles. The van der Waals surface area contributed by atoms with Crippen LogP contribution >= 0.6 is 0 Å². The maximum absolute atomic E-state index is 13.9. The molecule has 1 unspecified atom stereocenters. The fraction of sp³-hybridized carbons (Fsp3) is 0.520. The van der Waals surface area contributed by atoms with Crippen molar-refractivity contribution in [1.82, 2.24) is 14.8 Å². The summed E-state index contributed by atoms with van der Waals surface area (Å²) in [6.07, 6.45) is 9.37. The van der Waals surface area contributed by atoms with E-state index < -0.39 is 0 Å². The summed E-state index contributed by atoms with van der Waals surface area (Å²) in [6, 6.07) is 10.8. The Morgan fingerprint density at radius 3 is 2.60 bits per heavy atom. The Bertz CT molecular complexity index is 831. The molecule has 30 heavy (non-hydrogen) atoms. The summed E-state index contributed by atoms with van der Waals surface area (Å²) in [5, 5.41) is 0. The van der Waals surface area contributed by atoms with Crippen LogP contribution in [0.1, 0.15) is 36.8 Å². The van der Waals surface area contributed by atoms with Gasteiger partial charge in [-0.25, -0.2) is 4.39 Å². The number of aromatic nitrogens is 1. The van der Waals surface area contributed by atoms with Gasteiger partial charge in [-0.2, -0.15) is 0 Å². The Hall–Kier alpha value is -2.27. The highest BCUT2D eigenvalue weighted by molar-refractivity contribution is 5.83. The van der Waals surface area contributed by atoms with Gasteiger partial charge < -0.3 is 9.80 Å². The maximum Gasteiger partial charge on any atom is 0.229 e. The Labute approximate surface area is 179 Å². The molecule has 2 aliphatic rings. The standard InChI is InChI=1S/C25H32FN3O/c1-28-14-10-25(11-15-28,17-20-6-8-23(26)9-7-20)24(30)29-13-3-5-22(19-29)16-21-4-2-12-27-18-21/h2,4,6-9,12,18,22H,3,5,10-11,13-17,19H2,1H3. The SMILES string of the molecule is CN1CCC(Cc2ccc(F)cc2)(C(=O)N2CCCC(Cc3cccnc3)C2)CC1. The molecule has 0 N–H and O–H groups in total. The summed E-state index contributed by atoms with van der Waals surface area (Å²) in [5.41, 5.74) is 1.93. The zero-order valence-corrected chi connectivity index (χ0v) is 17.9. The molecule has 3 heterocycles. The Balaban J connectivity index is 1.49. The molecule has 0 bridgehead atoms. The largest absolute Gasteiger partial charge is 0.342 e. The van der Waals surface area contributed by atoms with Crippen LogP contribution in [-0.4, -0.2) is 53.9 Å². The monoisotopic (exact) mass is 409 g/mol. The van der Waals surface area contributed by atoms with E-state index in [9.17, 15) is 9.18 Å². The smallest absolute Gasteiger partial charge is 0.229 e. The number of carbonyl (C=O) groups excluding carboxylic acids is 1. The van der Waals surface area contributed by atoms with E-state index in [1.165, 1.54) is 17.7 Å². The predicted octanol–water partition coefficient (Wildman–Crippen LogP) is 3.96. The van der Waals surface area contributed by atoms with E-state index in [2.05, 4.69) is 27.9 Å². The van der Waals surface area contributed by atoms with Crippen LogP contribution in [0.2, 0.25) is 0 Å². The maximum atomic E-state index is 13.9. The lowest BCUT2D eigenvalue weighted by molar-refractivity contribution is -0.147. The Morgan fingerprint density at radius 2 is 1.90 bits per heavy atom. The molecule has 0 saturated carbocycles. The molecular formula is C25H32FN3O. The zero-order chi connectivity index (χ0) is 21.0. The van der Waals surface area contributed by atoms with E-state index in [1.807, 2.05) is 24.4 Å². The molecule has 2 aromatic rings. The molecule has 160 valence electrons. The quantitative estimate of drug-likeness (QED) is 0.750. The van der Waals surface area contributed by atoms with Gasteiger partial charge in [0.25, 0.3) is 0 Å². The van der Waals surface area contributed by atoms with E-state index in [4.69, 9.17) is 0 Å². The van der Waals surface area contributed by atoms with Crippen molar-refractivity contribution in [2.45, 2.75) is 38.5 Å². The molecular weight excluding hydrogens is 377 g/mol. The average molecular weight is 410 g/mol. The number of halogens is 1. The molecule has 0 spiro atoms. The van der Waals surface area contributed by atoms with Crippen LogP contribution in [0.25, 0.3) is 0 Å². The van der Waals surface area contributed by atoms with Crippen LogP contribution < -0.4 is 0 Å². The fourth-order valence-electron chi connectivity index (χ4n) is 5.11. The number of nitrogens with zero attached hydrogens (tertiary/aromatic N) is 3. The number of hydrogen-bond acceptors (Lipinski definition) is 3. The lowest BCUT2D eigenvalue weighted by Crippen LogP contribution is -2.53. The highest BCUT2D eigenvalue weighted by Gasteiger charge is 2.44. The molecule has 1 atom stereocenters. The third-order valence-electron chi connectivity index (χ3n) is 6.91. The van der Waals surface area contributed by atoms with Crippen molar-refractivity contribution in [3.8, 4) is 0 Å². The Morgan fingerprint density at radius 1 is 1.13 bits per heavy atom. The zero-order valence-electron chi connectivity index (χ0n) is 17.9. The van der Waals surface area contributed by atoms with Gasteiger partial charge in [0.1, 0.15) is 5.82 Å². The lowest BCUT2D eigenvalue weighted by Gasteiger charge is -2.44. The van der Waals surface area contributed by atoms with Gasteiger partial charge in [0, 0.05) is 25.5 Å². The minimum Gasteiger partial charge on any atom is -0.342 e. The first-order valence-electron chi connectivity index (χ1n) is 11.2. The minimum atomic E-state index is -0.374. The van der Waals surface area contributed by atoms with Gasteiger partial charge in [-0.3, -0.25) is 9.78 Å². The van der Waals surface area contributed by atoms with Crippen LogP contribution in [-0.2, 0) is 17.6 Å². The molecule has 0 radical (unpaired) electrons. The summed E-state index contributed by atoms with van der Waals surface area (Å²) >= 11 is 0. The molecule has 0 aliphatic carbocycles. The highest BCUT2D eigenvalue weighted by Crippen LogP contribution is 2.38. The van der Waals surface area contributed by atoms with Crippen molar-refractivity contribution < 1.29 is 9.18 Å². The number of likely N-dealkylation sites (tertiary alicyclic amines) is 2. The van der Waals surface area contributed by atoms with Crippen molar-refractivity contribution in [1.29, 1.82) is 0 Å². The second-order valence-electron chi connectivity index (χ2n) is 9.21. The van der Waals surface area contributed by atoms with Crippen molar-refractivity contribution in [3.05, 3.63) is 65.7 Å². The Kier molecular flexibility index (Phi) is 6.47. The molecule has 4 rings (SSSR count). The van der Waals surface area contributed by atoms with E-state index in [0.29, 0.717) is 18.2 Å². The van der Waals surface area contributed by atoms with Gasteiger partial charge in [-0.15, -0.1) is 0 Å². The van der Waals surface area contributed by atoms with Crippen molar-refractivity contribution in [2.75, 3.05) is 33.2 Å². The third kappa shape index (κ3) is 4.89. The van der Waals surface area contributed by atoms with Gasteiger partial charge >= 0.3 is 0 Å². The first-order valence-corrected chi connectivity index (χ1v) is 11.2. The van der Waals surface area contributed by atoms with Gasteiger partial charge in [-0.05, 0) is 93.9 Å². The molecule has 2 saturated heterocycles. The average Bonchev–Trinajstić information content (AvgIpc) is 2.77. The first-order chi connectivity index (χ1) is 14.5. The molecule has 2 aliphatic heterocycles. The van der Waals surface area contributed by atoms with Crippen LogP contribution in [0.5, 0.6) is 0 Å². The van der Waals surface area contributed by atoms with Crippen LogP contribution in [0, 0.1) is 17.2 Å². The van der Waals surface area contributed by atoms with Crippen LogP contribution in [0.4, 0.5) is 4.39 Å². The minimum absolute atomic E-state index is 0.225. The molecule has 4 nitrogen and oxygen atoms in total. The number of piperidine rings is 2. The highest BCUT2D eigenvalue weighted by atomic mass is 19.1. The topological polar surface area (TPSA) is 36.4 Å². The third-order valence-corrected chi connectivity index (χ3v) is 6.91. The number of carbonyl (C=O) groups is 1. The summed E-state index contributed by atoms with van der Waals surface area (Å²) < 4.78 is 13.4. The van der Waals surface area contributed by atoms with E-state index >= 15 is 0 Å². The molecule has 1 amide bonds.